The molecule has 4 rings (SSSR count). The SMILES string of the molecule is Fc1cccc(-c2noc(Cc3nnc(-c4ccc(Cl)cc4)o3)n2)c1. The zero-order valence-corrected chi connectivity index (χ0v) is 13.4. The molecule has 0 bridgehead atoms. The van der Waals surface area contributed by atoms with Crippen molar-refractivity contribution < 1.29 is 13.3 Å². The third-order valence-corrected chi connectivity index (χ3v) is 3.66. The van der Waals surface area contributed by atoms with E-state index in [1.807, 2.05) is 0 Å². The first-order valence-corrected chi connectivity index (χ1v) is 7.72. The van der Waals surface area contributed by atoms with Crippen molar-refractivity contribution in [3.63, 3.8) is 0 Å². The molecule has 8 heteroatoms. The topological polar surface area (TPSA) is 77.8 Å². The highest BCUT2D eigenvalue weighted by Gasteiger charge is 2.14. The van der Waals surface area contributed by atoms with Crippen molar-refractivity contribution in [2.75, 3.05) is 0 Å². The monoisotopic (exact) mass is 356 g/mol. The molecule has 0 radical (unpaired) electrons. The summed E-state index contributed by atoms with van der Waals surface area (Å²) in [6, 6.07) is 13.0. The molecule has 0 unspecified atom stereocenters. The molecular weight excluding hydrogens is 347 g/mol. The Morgan fingerprint density at radius 3 is 2.60 bits per heavy atom. The fourth-order valence-electron chi connectivity index (χ4n) is 2.24. The number of halogens is 2. The van der Waals surface area contributed by atoms with Crippen LogP contribution in [0.2, 0.25) is 5.02 Å². The van der Waals surface area contributed by atoms with E-state index < -0.39 is 0 Å². The normalized spacial score (nSPS) is 11.0. The maximum absolute atomic E-state index is 13.3. The lowest BCUT2D eigenvalue weighted by molar-refractivity contribution is 0.374. The molecule has 2 aromatic carbocycles. The number of nitrogens with zero attached hydrogens (tertiary/aromatic N) is 4. The lowest BCUT2D eigenvalue weighted by Gasteiger charge is -1.94. The molecule has 0 spiro atoms. The van der Waals surface area contributed by atoms with Crippen LogP contribution in [0, 0.1) is 5.82 Å². The molecule has 0 N–H and O–H groups in total. The van der Waals surface area contributed by atoms with Gasteiger partial charge in [0.1, 0.15) is 12.2 Å². The third-order valence-electron chi connectivity index (χ3n) is 3.41. The first kappa shape index (κ1) is 15.5. The molecule has 6 nitrogen and oxygen atoms in total. The fraction of sp³-hybridized carbons (Fsp3) is 0.0588. The van der Waals surface area contributed by atoms with Gasteiger partial charge in [0.2, 0.25) is 23.5 Å². The van der Waals surface area contributed by atoms with Crippen molar-refractivity contribution in [2.24, 2.45) is 0 Å². The van der Waals surface area contributed by atoms with Gasteiger partial charge in [-0.05, 0) is 36.4 Å². The molecule has 0 aliphatic rings. The van der Waals surface area contributed by atoms with E-state index in [1.165, 1.54) is 12.1 Å². The van der Waals surface area contributed by atoms with E-state index in [9.17, 15) is 4.39 Å². The predicted molar refractivity (Wildman–Crippen MR) is 87.2 cm³/mol. The zero-order valence-electron chi connectivity index (χ0n) is 12.7. The minimum atomic E-state index is -0.367. The maximum Gasteiger partial charge on any atom is 0.247 e. The highest BCUT2D eigenvalue weighted by molar-refractivity contribution is 6.30. The van der Waals surface area contributed by atoms with E-state index in [2.05, 4.69) is 20.3 Å². The van der Waals surface area contributed by atoms with Crippen LogP contribution in [0.5, 0.6) is 0 Å². The molecule has 4 aromatic rings. The van der Waals surface area contributed by atoms with Crippen LogP contribution < -0.4 is 0 Å². The van der Waals surface area contributed by atoms with Gasteiger partial charge < -0.3 is 8.94 Å². The molecule has 0 aliphatic heterocycles. The smallest absolute Gasteiger partial charge is 0.247 e. The van der Waals surface area contributed by atoms with Gasteiger partial charge >= 0.3 is 0 Å². The molecular formula is C17H10ClFN4O2. The molecule has 0 saturated carbocycles. The average molecular weight is 357 g/mol. The Kier molecular flexibility index (Phi) is 3.99. The predicted octanol–water partition coefficient (Wildman–Crippen LogP) is 4.17. The number of hydrogen-bond acceptors (Lipinski definition) is 6. The second-order valence-electron chi connectivity index (χ2n) is 5.21. The molecule has 25 heavy (non-hydrogen) atoms. The summed E-state index contributed by atoms with van der Waals surface area (Å²) in [6.45, 7) is 0. The van der Waals surface area contributed by atoms with Gasteiger partial charge in [-0.25, -0.2) is 4.39 Å². The first-order valence-electron chi connectivity index (χ1n) is 7.34. The summed E-state index contributed by atoms with van der Waals surface area (Å²) in [5, 5.41) is 12.4. The molecule has 2 aromatic heterocycles. The number of hydrogen-bond donors (Lipinski definition) is 0. The minimum absolute atomic E-state index is 0.183. The summed E-state index contributed by atoms with van der Waals surface area (Å²) in [6.07, 6.45) is 0.183. The highest BCUT2D eigenvalue weighted by atomic mass is 35.5. The van der Waals surface area contributed by atoms with E-state index in [0.717, 1.165) is 5.56 Å². The fourth-order valence-corrected chi connectivity index (χ4v) is 2.36. The van der Waals surface area contributed by atoms with Gasteiger partial charge in [0.05, 0.1) is 0 Å². The van der Waals surface area contributed by atoms with Crippen LogP contribution in [0.15, 0.2) is 57.5 Å². The molecule has 0 saturated heterocycles. The van der Waals surface area contributed by atoms with Crippen LogP contribution in [0.3, 0.4) is 0 Å². The molecule has 0 atom stereocenters. The average Bonchev–Trinajstić information content (AvgIpc) is 3.26. The first-order chi connectivity index (χ1) is 12.2. The van der Waals surface area contributed by atoms with Crippen molar-refractivity contribution in [1.82, 2.24) is 20.3 Å². The van der Waals surface area contributed by atoms with Gasteiger partial charge in [-0.2, -0.15) is 4.98 Å². The standard InChI is InChI=1S/C17H10ClFN4O2/c18-12-6-4-10(5-7-12)17-22-21-15(24-17)9-14-20-16(23-25-14)11-2-1-3-13(19)8-11/h1-8H,9H2. The second kappa shape index (κ2) is 6.45. The van der Waals surface area contributed by atoms with E-state index >= 15 is 0 Å². The van der Waals surface area contributed by atoms with Crippen LogP contribution in [-0.4, -0.2) is 20.3 Å². The Bertz CT molecular complexity index is 1010. The minimum Gasteiger partial charge on any atom is -0.420 e. The number of benzene rings is 2. The van der Waals surface area contributed by atoms with Crippen molar-refractivity contribution >= 4 is 11.6 Å². The summed E-state index contributed by atoms with van der Waals surface area (Å²) in [5.74, 6) is 0.932. The van der Waals surface area contributed by atoms with Crippen LogP contribution in [0.4, 0.5) is 4.39 Å². The largest absolute Gasteiger partial charge is 0.420 e. The Labute approximate surface area is 146 Å². The highest BCUT2D eigenvalue weighted by Crippen LogP contribution is 2.22. The number of rotatable bonds is 4. The zero-order chi connectivity index (χ0) is 17.2. The Morgan fingerprint density at radius 1 is 0.960 bits per heavy atom. The lowest BCUT2D eigenvalue weighted by atomic mass is 10.2. The van der Waals surface area contributed by atoms with Crippen molar-refractivity contribution in [3.05, 3.63) is 71.2 Å². The van der Waals surface area contributed by atoms with Gasteiger partial charge in [0.15, 0.2) is 0 Å². The van der Waals surface area contributed by atoms with Gasteiger partial charge in [0, 0.05) is 16.1 Å². The molecule has 0 aliphatic carbocycles. The van der Waals surface area contributed by atoms with Crippen molar-refractivity contribution in [1.29, 1.82) is 0 Å². The molecule has 0 amide bonds. The van der Waals surface area contributed by atoms with Crippen molar-refractivity contribution in [2.45, 2.75) is 6.42 Å². The quantitative estimate of drug-likeness (QED) is 0.546. The Hall–Kier alpha value is -3.06. The number of aromatic nitrogens is 4. The Morgan fingerprint density at radius 2 is 1.80 bits per heavy atom. The van der Waals surface area contributed by atoms with Crippen LogP contribution in [0.25, 0.3) is 22.8 Å². The Balaban J connectivity index is 1.52. The van der Waals surface area contributed by atoms with Crippen LogP contribution >= 0.6 is 11.6 Å². The summed E-state index contributed by atoms with van der Waals surface area (Å²) in [5.41, 5.74) is 1.29. The van der Waals surface area contributed by atoms with E-state index in [0.29, 0.717) is 34.1 Å². The summed E-state index contributed by atoms with van der Waals surface area (Å²) in [4.78, 5) is 4.22. The van der Waals surface area contributed by atoms with Crippen LogP contribution in [0.1, 0.15) is 11.8 Å². The molecule has 0 fully saturated rings. The molecule has 2 heterocycles. The lowest BCUT2D eigenvalue weighted by Crippen LogP contribution is -1.89. The van der Waals surface area contributed by atoms with Gasteiger partial charge in [-0.1, -0.05) is 28.9 Å². The van der Waals surface area contributed by atoms with E-state index in [1.54, 1.807) is 36.4 Å². The van der Waals surface area contributed by atoms with Crippen molar-refractivity contribution in [3.8, 4) is 22.8 Å². The van der Waals surface area contributed by atoms with E-state index in [-0.39, 0.29) is 12.2 Å². The second-order valence-corrected chi connectivity index (χ2v) is 5.64. The maximum atomic E-state index is 13.3. The summed E-state index contributed by atoms with van der Waals surface area (Å²) in [7, 11) is 0. The van der Waals surface area contributed by atoms with Gasteiger partial charge in [-0.15, -0.1) is 10.2 Å². The summed E-state index contributed by atoms with van der Waals surface area (Å²) < 4.78 is 24.0. The molecule has 124 valence electrons. The van der Waals surface area contributed by atoms with Crippen LogP contribution in [-0.2, 0) is 6.42 Å². The van der Waals surface area contributed by atoms with Gasteiger partial charge in [-0.3, -0.25) is 0 Å². The third kappa shape index (κ3) is 3.41. The van der Waals surface area contributed by atoms with E-state index in [4.69, 9.17) is 20.5 Å². The summed E-state index contributed by atoms with van der Waals surface area (Å²) >= 11 is 5.86. The van der Waals surface area contributed by atoms with Gasteiger partial charge in [0.25, 0.3) is 0 Å².